The molecule has 0 aromatic rings. The van der Waals surface area contributed by atoms with Crippen LogP contribution in [-0.2, 0) is 0 Å². The van der Waals surface area contributed by atoms with Gasteiger partial charge in [-0.25, -0.2) is 0 Å². The Morgan fingerprint density at radius 2 is 2.14 bits per heavy atom. The van der Waals surface area contributed by atoms with Gasteiger partial charge in [-0.15, -0.1) is 15.3 Å². The molecule has 0 spiro atoms. The van der Waals surface area contributed by atoms with E-state index in [-0.39, 0.29) is 7.42 Å². The molecule has 0 rings (SSSR count). The topological polar surface area (TPSA) is 0 Å². The molecule has 0 aromatic heterocycles. The molecule has 0 aromatic carbocycles. The van der Waals surface area contributed by atoms with Crippen molar-refractivity contribution in [2.75, 3.05) is 0 Å². The van der Waals surface area contributed by atoms with Crippen LogP contribution in [-0.4, -0.2) is 7.42 Å². The molecule has 0 aliphatic heterocycles. The Bertz CT molecular complexity index is 45.3. The molecule has 0 bridgehead atoms. The molecular formula is C5H12BrSi. The van der Waals surface area contributed by atoms with Gasteiger partial charge in [-0.3, -0.25) is 0 Å². The fourth-order valence-corrected chi connectivity index (χ4v) is 1.82. The highest BCUT2D eigenvalue weighted by Crippen LogP contribution is 2.16. The van der Waals surface area contributed by atoms with Crippen LogP contribution in [0.5, 0.6) is 0 Å². The molecule has 0 saturated carbocycles. The maximum Gasteiger partial charge on any atom is 0.135 e. The second-order valence-electron chi connectivity index (χ2n) is 1.90. The van der Waals surface area contributed by atoms with Gasteiger partial charge in [0.1, 0.15) is 7.42 Å². The summed E-state index contributed by atoms with van der Waals surface area (Å²) in [5.74, 6) is 0. The minimum Gasteiger partial charge on any atom is -0.129 e. The van der Waals surface area contributed by atoms with Crippen molar-refractivity contribution in [3.63, 3.8) is 0 Å². The first kappa shape index (κ1) is 7.70. The summed E-state index contributed by atoms with van der Waals surface area (Å²) < 4.78 is 0. The highest BCUT2D eigenvalue weighted by molar-refractivity contribution is 9.24. The van der Waals surface area contributed by atoms with E-state index in [9.17, 15) is 0 Å². The molecule has 7 heavy (non-hydrogen) atoms. The van der Waals surface area contributed by atoms with Crippen molar-refractivity contribution < 1.29 is 0 Å². The Kier molecular flexibility index (Phi) is 4.03. The van der Waals surface area contributed by atoms with Crippen LogP contribution >= 0.6 is 15.3 Å². The Labute approximate surface area is 55.5 Å². The molecule has 0 aliphatic rings. The summed E-state index contributed by atoms with van der Waals surface area (Å²) in [4.78, 5) is 0. The van der Waals surface area contributed by atoms with Crippen LogP contribution in [0.4, 0.5) is 0 Å². The first-order valence-electron chi connectivity index (χ1n) is 2.67. The van der Waals surface area contributed by atoms with Gasteiger partial charge in [0.05, 0.1) is 0 Å². The van der Waals surface area contributed by atoms with E-state index < -0.39 is 0 Å². The molecule has 0 N–H and O–H groups in total. The average molecular weight is 180 g/mol. The van der Waals surface area contributed by atoms with E-state index in [1.54, 1.807) is 0 Å². The first-order valence-corrected chi connectivity index (χ1v) is 7.00. The summed E-state index contributed by atoms with van der Waals surface area (Å²) in [6, 6.07) is 0. The van der Waals surface area contributed by atoms with E-state index in [0.717, 1.165) is 5.54 Å². The number of hydrogen-bond donors (Lipinski definition) is 0. The van der Waals surface area contributed by atoms with Gasteiger partial charge in [0.25, 0.3) is 0 Å². The lowest BCUT2D eigenvalue weighted by molar-refractivity contribution is 0.868. The molecule has 1 radical (unpaired) electrons. The van der Waals surface area contributed by atoms with Crippen molar-refractivity contribution in [1.29, 1.82) is 0 Å². The molecule has 0 saturated heterocycles. The van der Waals surface area contributed by atoms with Crippen molar-refractivity contribution in [2.24, 2.45) is 0 Å². The van der Waals surface area contributed by atoms with Crippen LogP contribution in [0.3, 0.4) is 0 Å². The Balaban J connectivity index is 3.14. The minimum atomic E-state index is -0.151. The van der Waals surface area contributed by atoms with E-state index in [4.69, 9.17) is 0 Å². The van der Waals surface area contributed by atoms with Gasteiger partial charge in [-0.2, -0.15) is 0 Å². The molecule has 1 atom stereocenters. The highest BCUT2D eigenvalue weighted by Gasteiger charge is 2.06. The Morgan fingerprint density at radius 1 is 1.71 bits per heavy atom. The zero-order valence-electron chi connectivity index (χ0n) is 5.16. The van der Waals surface area contributed by atoms with Crippen LogP contribution < -0.4 is 0 Å². The minimum absolute atomic E-state index is 0.151. The van der Waals surface area contributed by atoms with Crippen molar-refractivity contribution in [3.8, 4) is 0 Å². The van der Waals surface area contributed by atoms with Crippen LogP contribution in [0, 0.1) is 0 Å². The number of hydrogen-bond acceptors (Lipinski definition) is 0. The fraction of sp³-hybridized carbons (Fsp3) is 1.00. The van der Waals surface area contributed by atoms with Crippen molar-refractivity contribution >= 4 is 22.7 Å². The predicted molar refractivity (Wildman–Crippen MR) is 40.3 cm³/mol. The second kappa shape index (κ2) is 3.67. The van der Waals surface area contributed by atoms with E-state index in [1.807, 2.05) is 0 Å². The van der Waals surface area contributed by atoms with E-state index >= 15 is 0 Å². The maximum absolute atomic E-state index is 3.60. The summed E-state index contributed by atoms with van der Waals surface area (Å²) in [5, 5.41) is 0. The third-order valence-corrected chi connectivity index (χ3v) is 5.40. The lowest BCUT2D eigenvalue weighted by Gasteiger charge is -2.06. The van der Waals surface area contributed by atoms with Gasteiger partial charge in [-0.1, -0.05) is 26.8 Å². The number of halogens is 1. The van der Waals surface area contributed by atoms with Gasteiger partial charge in [0.2, 0.25) is 0 Å². The van der Waals surface area contributed by atoms with Gasteiger partial charge in [0.15, 0.2) is 0 Å². The zero-order valence-corrected chi connectivity index (χ0v) is 7.75. The molecular weight excluding hydrogens is 168 g/mol. The molecule has 2 heteroatoms. The van der Waals surface area contributed by atoms with E-state index in [2.05, 4.69) is 35.7 Å². The lowest BCUT2D eigenvalue weighted by atomic mass is 10.4. The predicted octanol–water partition coefficient (Wildman–Crippen LogP) is 2.80. The lowest BCUT2D eigenvalue weighted by Crippen LogP contribution is -2.02. The Hall–Kier alpha value is 0.697. The summed E-state index contributed by atoms with van der Waals surface area (Å²) in [6.07, 6.45) is 1.32. The van der Waals surface area contributed by atoms with Crippen LogP contribution in [0.15, 0.2) is 0 Å². The molecule has 0 aliphatic carbocycles. The molecule has 0 nitrogen and oxygen atoms in total. The van der Waals surface area contributed by atoms with Crippen molar-refractivity contribution in [3.05, 3.63) is 0 Å². The van der Waals surface area contributed by atoms with E-state index in [0.29, 0.717) is 0 Å². The normalized spacial score (nSPS) is 15.0. The monoisotopic (exact) mass is 179 g/mol. The first-order chi connectivity index (χ1) is 3.18. The quantitative estimate of drug-likeness (QED) is 0.452. The Morgan fingerprint density at radius 3 is 2.14 bits per heavy atom. The second-order valence-corrected chi connectivity index (χ2v) is 7.81. The van der Waals surface area contributed by atoms with Gasteiger partial charge in [0, 0.05) is 0 Å². The van der Waals surface area contributed by atoms with Crippen LogP contribution in [0.25, 0.3) is 0 Å². The molecule has 1 unspecified atom stereocenters. The summed E-state index contributed by atoms with van der Waals surface area (Å²) >= 11 is 3.60. The molecule has 0 fully saturated rings. The van der Waals surface area contributed by atoms with Crippen LogP contribution in [0.1, 0.15) is 20.3 Å². The van der Waals surface area contributed by atoms with Crippen molar-refractivity contribution in [1.82, 2.24) is 0 Å². The largest absolute Gasteiger partial charge is 0.135 e. The molecule has 0 amide bonds. The smallest absolute Gasteiger partial charge is 0.129 e. The number of rotatable bonds is 2. The zero-order chi connectivity index (χ0) is 5.86. The standard InChI is InChI=1S/C5H12BrSi/c1-4-5(2)7(3)6/h5H,4H2,1-3H3. The molecule has 0 heterocycles. The summed E-state index contributed by atoms with van der Waals surface area (Å²) in [5.41, 5.74) is 0.921. The van der Waals surface area contributed by atoms with Crippen molar-refractivity contribution in [2.45, 2.75) is 32.4 Å². The highest BCUT2D eigenvalue weighted by atomic mass is 79.9. The third kappa shape index (κ3) is 3.29. The average Bonchev–Trinajstić information content (AvgIpc) is 1.65. The van der Waals surface area contributed by atoms with Gasteiger partial charge >= 0.3 is 0 Å². The SMILES string of the molecule is CCC(C)[Si](C)Br. The summed E-state index contributed by atoms with van der Waals surface area (Å²) in [7, 11) is -0.151. The molecule has 43 valence electrons. The summed E-state index contributed by atoms with van der Waals surface area (Å²) in [6.45, 7) is 6.82. The third-order valence-electron chi connectivity index (χ3n) is 1.29. The van der Waals surface area contributed by atoms with Crippen LogP contribution in [0.2, 0.25) is 12.1 Å². The van der Waals surface area contributed by atoms with Gasteiger partial charge < -0.3 is 0 Å². The fourth-order valence-electron chi connectivity index (χ4n) is 0.281. The van der Waals surface area contributed by atoms with Gasteiger partial charge in [-0.05, 0) is 5.54 Å². The maximum atomic E-state index is 3.60. The van der Waals surface area contributed by atoms with E-state index in [1.165, 1.54) is 6.42 Å².